The number of hydrogen-bond acceptors (Lipinski definition) is 8. The fourth-order valence-corrected chi connectivity index (χ4v) is 5.72. The van der Waals surface area contributed by atoms with Crippen LogP contribution >= 0.6 is 22.9 Å². The average molecular weight is 570 g/mol. The van der Waals surface area contributed by atoms with E-state index >= 15 is 0 Å². The highest BCUT2D eigenvalue weighted by atomic mass is 35.5. The van der Waals surface area contributed by atoms with Gasteiger partial charge < -0.3 is 19.1 Å². The van der Waals surface area contributed by atoms with Crippen molar-refractivity contribution in [1.82, 2.24) is 24.4 Å². The van der Waals surface area contributed by atoms with Crippen LogP contribution in [-0.4, -0.2) is 61.3 Å². The smallest absolute Gasteiger partial charge is 0.346 e. The molecule has 9 nitrogen and oxygen atoms in total. The Bertz CT molecular complexity index is 1570. The first kappa shape index (κ1) is 25.9. The molecule has 1 fully saturated rings. The zero-order valence-corrected chi connectivity index (χ0v) is 22.4. The molecule has 5 heterocycles. The van der Waals surface area contributed by atoms with E-state index in [4.69, 9.17) is 26.1 Å². The average Bonchev–Trinajstić information content (AvgIpc) is 3.45. The van der Waals surface area contributed by atoms with E-state index in [1.165, 1.54) is 23.6 Å². The molecule has 2 aliphatic rings. The number of rotatable bonds is 9. The first-order chi connectivity index (χ1) is 18.9. The predicted octanol–water partition coefficient (Wildman–Crippen LogP) is 5.04. The molecule has 0 unspecified atom stereocenters. The van der Waals surface area contributed by atoms with Crippen molar-refractivity contribution in [1.29, 1.82) is 0 Å². The number of aromatic carboxylic acids is 1. The van der Waals surface area contributed by atoms with E-state index in [1.807, 2.05) is 0 Å². The number of carbonyl (C=O) groups is 1. The molecule has 202 valence electrons. The summed E-state index contributed by atoms with van der Waals surface area (Å²) in [7, 11) is 0. The van der Waals surface area contributed by atoms with Crippen LogP contribution in [0.25, 0.3) is 15.9 Å². The summed E-state index contributed by atoms with van der Waals surface area (Å²) in [4.78, 5) is 28.4. The van der Waals surface area contributed by atoms with E-state index in [1.54, 1.807) is 24.4 Å². The number of ether oxygens (including phenoxy) is 2. The van der Waals surface area contributed by atoms with Gasteiger partial charge in [-0.2, -0.15) is 0 Å². The van der Waals surface area contributed by atoms with Crippen LogP contribution in [0.15, 0.2) is 42.7 Å². The molecular formula is C27H25ClFN5O4S. The molecule has 0 aliphatic carbocycles. The summed E-state index contributed by atoms with van der Waals surface area (Å²) in [6.45, 7) is 3.60. The minimum absolute atomic E-state index is 0.0257. The second-order valence-corrected chi connectivity index (χ2v) is 11.0. The minimum atomic E-state index is -0.936. The molecule has 0 radical (unpaired) electrons. The highest BCUT2D eigenvalue weighted by molar-refractivity contribution is 7.20. The molecule has 0 spiro atoms. The Morgan fingerprint density at radius 3 is 2.87 bits per heavy atom. The molecule has 12 heteroatoms. The SMILES string of the molecule is O=C(O)c1cc2c(nc(CN3CC=C(c4cncc(OCc5ccc(Cl)cc5F)n4)CC3)n2C[C@@H]2CCO2)s1. The number of carboxylic acid groups (broad SMARTS) is 1. The Morgan fingerprint density at radius 1 is 1.28 bits per heavy atom. The van der Waals surface area contributed by atoms with E-state index in [0.29, 0.717) is 41.0 Å². The second-order valence-electron chi connectivity index (χ2n) is 9.51. The van der Waals surface area contributed by atoms with Gasteiger partial charge >= 0.3 is 5.97 Å². The fraction of sp³-hybridized carbons (Fsp3) is 0.333. The number of benzene rings is 1. The summed E-state index contributed by atoms with van der Waals surface area (Å²) in [5, 5.41) is 9.73. The number of thiophene rings is 1. The number of fused-ring (bicyclic) bond motifs is 1. The maximum absolute atomic E-state index is 14.1. The van der Waals surface area contributed by atoms with E-state index in [-0.39, 0.29) is 12.7 Å². The van der Waals surface area contributed by atoms with Crippen LogP contribution in [0.5, 0.6) is 5.88 Å². The molecule has 0 bridgehead atoms. The van der Waals surface area contributed by atoms with Gasteiger partial charge in [-0.05, 0) is 36.6 Å². The standard InChI is InChI=1S/C27H25ClFN5O4S/c28-18-2-1-17(20(29)9-18)15-38-25-12-30-11-21(31-25)16-3-6-33(7-4-16)14-24-32-26-22(10-23(39-26)27(35)36)34(24)13-19-5-8-37-19/h1-3,9-12,19H,4-8,13-15H2,(H,35,36)/t19-/m0/s1. The molecule has 1 aromatic carbocycles. The van der Waals surface area contributed by atoms with Gasteiger partial charge in [-0.15, -0.1) is 11.3 Å². The fourth-order valence-electron chi connectivity index (χ4n) is 4.67. The molecule has 4 aromatic rings. The Hall–Kier alpha value is -3.38. The topological polar surface area (TPSA) is 103 Å². The minimum Gasteiger partial charge on any atom is -0.477 e. The summed E-state index contributed by atoms with van der Waals surface area (Å²) in [6.07, 6.45) is 7.24. The number of aromatic nitrogens is 4. The lowest BCUT2D eigenvalue weighted by Crippen LogP contribution is -2.33. The van der Waals surface area contributed by atoms with Gasteiger partial charge in [-0.25, -0.2) is 19.2 Å². The van der Waals surface area contributed by atoms with Gasteiger partial charge in [-0.3, -0.25) is 9.88 Å². The summed E-state index contributed by atoms with van der Waals surface area (Å²) < 4.78 is 27.5. The Labute approximate surface area is 232 Å². The van der Waals surface area contributed by atoms with Crippen LogP contribution in [0.2, 0.25) is 5.02 Å². The molecule has 0 saturated carbocycles. The Kier molecular flexibility index (Phi) is 7.30. The molecular weight excluding hydrogens is 545 g/mol. The number of hydrogen-bond donors (Lipinski definition) is 1. The van der Waals surface area contributed by atoms with Crippen molar-refractivity contribution < 1.29 is 23.8 Å². The van der Waals surface area contributed by atoms with Gasteiger partial charge in [0.1, 0.15) is 28.0 Å². The van der Waals surface area contributed by atoms with E-state index in [0.717, 1.165) is 53.4 Å². The van der Waals surface area contributed by atoms with Crippen molar-refractivity contribution >= 4 is 44.8 Å². The van der Waals surface area contributed by atoms with Crippen molar-refractivity contribution in [3.63, 3.8) is 0 Å². The number of halogens is 2. The molecule has 3 aromatic heterocycles. The van der Waals surface area contributed by atoms with Crippen LogP contribution in [-0.2, 0) is 24.4 Å². The lowest BCUT2D eigenvalue weighted by Gasteiger charge is -2.29. The first-order valence-corrected chi connectivity index (χ1v) is 13.8. The molecule has 2 aliphatic heterocycles. The van der Waals surface area contributed by atoms with Crippen molar-refractivity contribution in [2.75, 3.05) is 19.7 Å². The Balaban J connectivity index is 1.13. The molecule has 39 heavy (non-hydrogen) atoms. The summed E-state index contributed by atoms with van der Waals surface area (Å²) in [5.74, 6) is -0.129. The molecule has 1 saturated heterocycles. The normalized spacial score (nSPS) is 17.7. The summed E-state index contributed by atoms with van der Waals surface area (Å²) in [6, 6.07) is 6.17. The van der Waals surface area contributed by atoms with E-state index in [9.17, 15) is 14.3 Å². The van der Waals surface area contributed by atoms with Crippen LogP contribution < -0.4 is 4.74 Å². The van der Waals surface area contributed by atoms with Crippen molar-refractivity contribution in [3.05, 3.63) is 75.5 Å². The van der Waals surface area contributed by atoms with Crippen LogP contribution in [0, 0.1) is 5.82 Å². The van der Waals surface area contributed by atoms with E-state index < -0.39 is 11.8 Å². The van der Waals surface area contributed by atoms with Gasteiger partial charge in [0.2, 0.25) is 5.88 Å². The zero-order valence-electron chi connectivity index (χ0n) is 20.8. The third kappa shape index (κ3) is 5.67. The molecule has 1 atom stereocenters. The lowest BCUT2D eigenvalue weighted by atomic mass is 10.1. The maximum Gasteiger partial charge on any atom is 0.346 e. The largest absolute Gasteiger partial charge is 0.477 e. The van der Waals surface area contributed by atoms with Crippen molar-refractivity contribution in [2.24, 2.45) is 0 Å². The summed E-state index contributed by atoms with van der Waals surface area (Å²) in [5.41, 5.74) is 3.04. The van der Waals surface area contributed by atoms with Crippen LogP contribution in [0.4, 0.5) is 4.39 Å². The third-order valence-corrected chi connectivity index (χ3v) is 8.15. The zero-order chi connectivity index (χ0) is 26.9. The van der Waals surface area contributed by atoms with Gasteiger partial charge in [-0.1, -0.05) is 23.7 Å². The third-order valence-electron chi connectivity index (χ3n) is 6.91. The van der Waals surface area contributed by atoms with E-state index in [2.05, 4.69) is 25.5 Å². The second kappa shape index (κ2) is 11.0. The molecule has 0 amide bonds. The highest BCUT2D eigenvalue weighted by Gasteiger charge is 2.25. The summed E-state index contributed by atoms with van der Waals surface area (Å²) >= 11 is 7.02. The first-order valence-electron chi connectivity index (χ1n) is 12.6. The lowest BCUT2D eigenvalue weighted by molar-refractivity contribution is -0.0591. The number of imidazole rings is 1. The van der Waals surface area contributed by atoms with Gasteiger partial charge in [0.05, 0.1) is 42.8 Å². The Morgan fingerprint density at radius 2 is 2.15 bits per heavy atom. The number of carboxylic acids is 1. The van der Waals surface area contributed by atoms with Gasteiger partial charge in [0.15, 0.2) is 0 Å². The highest BCUT2D eigenvalue weighted by Crippen LogP contribution is 2.30. The van der Waals surface area contributed by atoms with Crippen molar-refractivity contribution in [3.8, 4) is 5.88 Å². The molecule has 1 N–H and O–H groups in total. The van der Waals surface area contributed by atoms with Crippen LogP contribution in [0.3, 0.4) is 0 Å². The van der Waals surface area contributed by atoms with Crippen LogP contribution in [0.1, 0.15) is 39.6 Å². The van der Waals surface area contributed by atoms with Crippen molar-refractivity contribution in [2.45, 2.75) is 38.6 Å². The predicted molar refractivity (Wildman–Crippen MR) is 145 cm³/mol. The molecule has 6 rings (SSSR count). The van der Waals surface area contributed by atoms with Gasteiger partial charge in [0.25, 0.3) is 0 Å². The number of nitrogens with zero attached hydrogens (tertiary/aromatic N) is 5. The quantitative estimate of drug-likeness (QED) is 0.299. The maximum atomic E-state index is 14.1. The van der Waals surface area contributed by atoms with Gasteiger partial charge in [0, 0.05) is 30.3 Å². The monoisotopic (exact) mass is 569 g/mol.